The molecule has 0 aromatic heterocycles. The highest BCUT2D eigenvalue weighted by molar-refractivity contribution is 5.95. The zero-order valence-electron chi connectivity index (χ0n) is 13.6. The molecule has 4 heteroatoms. The monoisotopic (exact) mass is 310 g/mol. The van der Waals surface area contributed by atoms with E-state index in [0.29, 0.717) is 6.42 Å². The van der Waals surface area contributed by atoms with Crippen LogP contribution in [0.4, 0.5) is 5.69 Å². The molecule has 2 N–H and O–H groups in total. The van der Waals surface area contributed by atoms with Crippen LogP contribution in [0.2, 0.25) is 0 Å². The Kier molecular flexibility index (Phi) is 4.35. The highest BCUT2D eigenvalue weighted by Gasteiger charge is 2.26. The van der Waals surface area contributed by atoms with Crippen molar-refractivity contribution in [3.05, 3.63) is 59.2 Å². The van der Waals surface area contributed by atoms with E-state index in [2.05, 4.69) is 6.07 Å². The number of rotatable bonds is 4. The van der Waals surface area contributed by atoms with Crippen LogP contribution in [0.15, 0.2) is 42.5 Å². The van der Waals surface area contributed by atoms with E-state index in [9.17, 15) is 4.79 Å². The van der Waals surface area contributed by atoms with Crippen LogP contribution < -0.4 is 15.4 Å². The summed E-state index contributed by atoms with van der Waals surface area (Å²) in [5.74, 6) is 0.885. The molecule has 0 saturated carbocycles. The van der Waals surface area contributed by atoms with Crippen molar-refractivity contribution < 1.29 is 9.53 Å². The summed E-state index contributed by atoms with van der Waals surface area (Å²) in [6.45, 7) is 2.74. The van der Waals surface area contributed by atoms with Crippen LogP contribution in [0.25, 0.3) is 0 Å². The molecule has 1 unspecified atom stereocenters. The average Bonchev–Trinajstić information content (AvgIpc) is 2.98. The van der Waals surface area contributed by atoms with Gasteiger partial charge in [0.05, 0.1) is 7.11 Å². The quantitative estimate of drug-likeness (QED) is 0.944. The van der Waals surface area contributed by atoms with Gasteiger partial charge in [0.15, 0.2) is 0 Å². The number of hydrogen-bond acceptors (Lipinski definition) is 3. The first-order valence-electron chi connectivity index (χ1n) is 7.88. The molecule has 2 aromatic carbocycles. The first-order valence-corrected chi connectivity index (χ1v) is 7.88. The molecule has 0 aliphatic carbocycles. The van der Waals surface area contributed by atoms with E-state index in [1.807, 2.05) is 48.2 Å². The summed E-state index contributed by atoms with van der Waals surface area (Å²) in [7, 11) is 1.64. The van der Waals surface area contributed by atoms with Gasteiger partial charge in [-0.05, 0) is 48.2 Å². The lowest BCUT2D eigenvalue weighted by Gasteiger charge is -2.21. The highest BCUT2D eigenvalue weighted by atomic mass is 16.5. The molecule has 1 atom stereocenters. The largest absolute Gasteiger partial charge is 0.497 e. The smallest absolute Gasteiger partial charge is 0.228 e. The summed E-state index contributed by atoms with van der Waals surface area (Å²) in [6.07, 6.45) is 1.22. The van der Waals surface area contributed by atoms with Crippen molar-refractivity contribution in [2.45, 2.75) is 25.8 Å². The third-order valence-corrected chi connectivity index (χ3v) is 4.46. The van der Waals surface area contributed by atoms with Crippen LogP contribution in [-0.4, -0.2) is 19.6 Å². The zero-order valence-corrected chi connectivity index (χ0v) is 13.6. The number of hydrogen-bond donors (Lipinski definition) is 1. The fraction of sp³-hybridized carbons (Fsp3) is 0.316. The molecular weight excluding hydrogens is 288 g/mol. The minimum atomic E-state index is -0.304. The lowest BCUT2D eigenvalue weighted by atomic mass is 9.98. The number of aryl methyl sites for hydroxylation is 1. The Balaban J connectivity index is 1.73. The molecule has 23 heavy (non-hydrogen) atoms. The summed E-state index contributed by atoms with van der Waals surface area (Å²) in [6, 6.07) is 13.5. The topological polar surface area (TPSA) is 55.6 Å². The number of nitrogens with zero attached hydrogens (tertiary/aromatic N) is 1. The van der Waals surface area contributed by atoms with Crippen molar-refractivity contribution in [1.82, 2.24) is 0 Å². The van der Waals surface area contributed by atoms with Crippen LogP contribution in [-0.2, 0) is 11.2 Å². The summed E-state index contributed by atoms with van der Waals surface area (Å²) >= 11 is 0. The van der Waals surface area contributed by atoms with Crippen molar-refractivity contribution in [3.63, 3.8) is 0 Å². The van der Waals surface area contributed by atoms with Gasteiger partial charge in [0.1, 0.15) is 5.75 Å². The fourth-order valence-electron chi connectivity index (χ4n) is 3.20. The summed E-state index contributed by atoms with van der Waals surface area (Å²) in [5.41, 5.74) is 10.6. The van der Waals surface area contributed by atoms with E-state index < -0.39 is 0 Å². The maximum Gasteiger partial charge on any atom is 0.228 e. The Morgan fingerprint density at radius 2 is 2.09 bits per heavy atom. The number of fused-ring (bicyclic) bond motifs is 1. The second-order valence-corrected chi connectivity index (χ2v) is 5.96. The van der Waals surface area contributed by atoms with E-state index in [-0.39, 0.29) is 11.9 Å². The van der Waals surface area contributed by atoms with Crippen molar-refractivity contribution in [2.24, 2.45) is 5.73 Å². The number of carbonyl (C=O) groups is 1. The predicted molar refractivity (Wildman–Crippen MR) is 91.8 cm³/mol. The second kappa shape index (κ2) is 6.42. The van der Waals surface area contributed by atoms with Gasteiger partial charge in [-0.1, -0.05) is 24.3 Å². The maximum atomic E-state index is 12.6. The Hall–Kier alpha value is -2.33. The minimum Gasteiger partial charge on any atom is -0.497 e. The van der Waals surface area contributed by atoms with Crippen LogP contribution in [0, 0.1) is 6.92 Å². The number of ether oxygens (including phenoxy) is 1. The first-order chi connectivity index (χ1) is 11.1. The third kappa shape index (κ3) is 3.08. The second-order valence-electron chi connectivity index (χ2n) is 5.96. The fourth-order valence-corrected chi connectivity index (χ4v) is 3.20. The van der Waals surface area contributed by atoms with E-state index >= 15 is 0 Å². The Bertz CT molecular complexity index is 727. The van der Waals surface area contributed by atoms with Gasteiger partial charge >= 0.3 is 0 Å². The van der Waals surface area contributed by atoms with Gasteiger partial charge in [0.25, 0.3) is 0 Å². The van der Waals surface area contributed by atoms with Gasteiger partial charge in [-0.2, -0.15) is 0 Å². The molecule has 1 aliphatic rings. The van der Waals surface area contributed by atoms with Crippen molar-refractivity contribution in [1.29, 1.82) is 0 Å². The molecule has 0 saturated heterocycles. The molecular formula is C19H22N2O2. The normalized spacial score (nSPS) is 14.5. The average molecular weight is 310 g/mol. The Labute approximate surface area is 136 Å². The molecule has 0 spiro atoms. The van der Waals surface area contributed by atoms with Crippen molar-refractivity contribution in [3.8, 4) is 5.75 Å². The summed E-state index contributed by atoms with van der Waals surface area (Å²) in [5, 5.41) is 0. The number of nitrogens with two attached hydrogens (primary N) is 1. The number of anilines is 1. The molecule has 2 aromatic rings. The number of para-hydroxylation sites is 1. The maximum absolute atomic E-state index is 12.6. The lowest BCUT2D eigenvalue weighted by molar-refractivity contribution is -0.118. The zero-order chi connectivity index (χ0) is 16.4. The standard InChI is InChI=1S/C19H22N2O2/c1-13-11-15(23-2)7-8-16(13)17(20)12-19(22)21-10-9-14-5-3-4-6-18(14)21/h3-8,11,17H,9-10,12,20H2,1-2H3. The van der Waals surface area contributed by atoms with Gasteiger partial charge in [0, 0.05) is 24.7 Å². The number of carbonyl (C=O) groups excluding carboxylic acids is 1. The molecule has 0 bridgehead atoms. The van der Waals surface area contributed by atoms with Crippen molar-refractivity contribution >= 4 is 11.6 Å². The minimum absolute atomic E-state index is 0.0812. The number of methoxy groups -OCH3 is 1. The van der Waals surface area contributed by atoms with E-state index in [1.54, 1.807) is 7.11 Å². The number of benzene rings is 2. The van der Waals surface area contributed by atoms with Crippen LogP contribution >= 0.6 is 0 Å². The molecule has 120 valence electrons. The SMILES string of the molecule is COc1ccc(C(N)CC(=O)N2CCc3ccccc32)c(C)c1. The molecule has 1 heterocycles. The van der Waals surface area contributed by atoms with Gasteiger partial charge in [-0.25, -0.2) is 0 Å². The van der Waals surface area contributed by atoms with E-state index in [4.69, 9.17) is 10.5 Å². The van der Waals surface area contributed by atoms with Crippen LogP contribution in [0.3, 0.4) is 0 Å². The van der Waals surface area contributed by atoms with Gasteiger partial charge in [-0.3, -0.25) is 4.79 Å². The molecule has 1 amide bonds. The molecule has 1 aliphatic heterocycles. The molecule has 0 fully saturated rings. The lowest BCUT2D eigenvalue weighted by Crippen LogP contribution is -2.31. The summed E-state index contributed by atoms with van der Waals surface area (Å²) < 4.78 is 5.22. The van der Waals surface area contributed by atoms with Gasteiger partial charge < -0.3 is 15.4 Å². The third-order valence-electron chi connectivity index (χ3n) is 4.46. The van der Waals surface area contributed by atoms with Crippen LogP contribution in [0.1, 0.15) is 29.2 Å². The highest BCUT2D eigenvalue weighted by Crippen LogP contribution is 2.30. The Morgan fingerprint density at radius 3 is 2.83 bits per heavy atom. The summed E-state index contributed by atoms with van der Waals surface area (Å²) in [4.78, 5) is 14.5. The number of amides is 1. The molecule has 4 nitrogen and oxygen atoms in total. The van der Waals surface area contributed by atoms with E-state index in [0.717, 1.165) is 35.5 Å². The van der Waals surface area contributed by atoms with Gasteiger partial charge in [0.2, 0.25) is 5.91 Å². The molecule has 3 rings (SSSR count). The van der Waals surface area contributed by atoms with Crippen LogP contribution in [0.5, 0.6) is 5.75 Å². The van der Waals surface area contributed by atoms with E-state index in [1.165, 1.54) is 5.56 Å². The Morgan fingerprint density at radius 1 is 1.30 bits per heavy atom. The van der Waals surface area contributed by atoms with Gasteiger partial charge in [-0.15, -0.1) is 0 Å². The predicted octanol–water partition coefficient (Wildman–Crippen LogP) is 2.98. The first kappa shape index (κ1) is 15.6. The van der Waals surface area contributed by atoms with Crippen molar-refractivity contribution in [2.75, 3.05) is 18.6 Å². The molecule has 0 radical (unpaired) electrons.